The first-order valence-electron chi connectivity index (χ1n) is 6.23. The van der Waals surface area contributed by atoms with Crippen LogP contribution in [-0.2, 0) is 6.42 Å². The molecule has 0 atom stereocenters. The number of aromatic amines is 1. The minimum absolute atomic E-state index is 0.0679. The molecule has 0 aliphatic rings. The van der Waals surface area contributed by atoms with E-state index in [2.05, 4.69) is 15.3 Å². The predicted molar refractivity (Wildman–Crippen MR) is 76.5 cm³/mol. The molecule has 2 amide bonds. The summed E-state index contributed by atoms with van der Waals surface area (Å²) in [5.74, 6) is 0.855. The second-order valence-corrected chi connectivity index (χ2v) is 4.79. The van der Waals surface area contributed by atoms with Crippen molar-refractivity contribution in [3.05, 3.63) is 29.0 Å². The number of aromatic nitrogens is 2. The fourth-order valence-corrected chi connectivity index (χ4v) is 1.99. The average molecular weight is 281 g/mol. The monoisotopic (exact) mass is 280 g/mol. The number of fused-ring (bicyclic) bond motifs is 1. The summed E-state index contributed by atoms with van der Waals surface area (Å²) in [7, 11) is 1.77. The van der Waals surface area contributed by atoms with Crippen LogP contribution in [-0.4, -0.2) is 41.0 Å². The van der Waals surface area contributed by atoms with Crippen LogP contribution in [0.5, 0.6) is 0 Å². The number of amides is 2. The predicted octanol–water partition coefficient (Wildman–Crippen LogP) is 2.42. The number of benzene rings is 1. The smallest absolute Gasteiger partial charge is 0.317 e. The van der Waals surface area contributed by atoms with E-state index in [1.807, 2.05) is 25.1 Å². The van der Waals surface area contributed by atoms with Crippen molar-refractivity contribution in [2.24, 2.45) is 0 Å². The SMILES string of the molecule is CCNC(=O)N(C)CCc1nc2ccc(Cl)cc2[nH]1. The molecule has 2 N–H and O–H groups in total. The van der Waals surface area contributed by atoms with Gasteiger partial charge in [-0.1, -0.05) is 11.6 Å². The fourth-order valence-electron chi connectivity index (χ4n) is 1.81. The van der Waals surface area contributed by atoms with Gasteiger partial charge in [-0.25, -0.2) is 9.78 Å². The zero-order valence-electron chi connectivity index (χ0n) is 11.0. The van der Waals surface area contributed by atoms with E-state index >= 15 is 0 Å². The molecule has 0 fully saturated rings. The number of urea groups is 1. The highest BCUT2D eigenvalue weighted by atomic mass is 35.5. The molecule has 1 aromatic carbocycles. The van der Waals surface area contributed by atoms with Gasteiger partial charge in [0.05, 0.1) is 11.0 Å². The molecule has 0 spiro atoms. The van der Waals surface area contributed by atoms with Crippen LogP contribution in [0.15, 0.2) is 18.2 Å². The molecular formula is C13H17ClN4O. The van der Waals surface area contributed by atoms with Gasteiger partial charge in [0.1, 0.15) is 5.82 Å². The molecule has 0 aliphatic carbocycles. The zero-order valence-corrected chi connectivity index (χ0v) is 11.8. The van der Waals surface area contributed by atoms with Crippen molar-refractivity contribution in [1.29, 1.82) is 0 Å². The highest BCUT2D eigenvalue weighted by molar-refractivity contribution is 6.31. The quantitative estimate of drug-likeness (QED) is 0.903. The molecule has 6 heteroatoms. The Balaban J connectivity index is 2.00. The molecule has 0 aliphatic heterocycles. The van der Waals surface area contributed by atoms with E-state index in [1.165, 1.54) is 0 Å². The van der Waals surface area contributed by atoms with Gasteiger partial charge in [0.25, 0.3) is 0 Å². The van der Waals surface area contributed by atoms with Gasteiger partial charge in [-0.2, -0.15) is 0 Å². The van der Waals surface area contributed by atoms with E-state index in [1.54, 1.807) is 11.9 Å². The molecule has 5 nitrogen and oxygen atoms in total. The van der Waals surface area contributed by atoms with Crippen molar-refractivity contribution < 1.29 is 4.79 Å². The first kappa shape index (κ1) is 13.7. The number of rotatable bonds is 4. The van der Waals surface area contributed by atoms with Crippen LogP contribution < -0.4 is 5.32 Å². The van der Waals surface area contributed by atoms with Crippen molar-refractivity contribution in [1.82, 2.24) is 20.2 Å². The van der Waals surface area contributed by atoms with Gasteiger partial charge < -0.3 is 15.2 Å². The lowest BCUT2D eigenvalue weighted by molar-refractivity contribution is 0.210. The maximum absolute atomic E-state index is 11.5. The molecule has 0 bridgehead atoms. The molecule has 2 rings (SSSR count). The Hall–Kier alpha value is -1.75. The van der Waals surface area contributed by atoms with E-state index in [9.17, 15) is 4.79 Å². The molecule has 102 valence electrons. The fraction of sp³-hybridized carbons (Fsp3) is 0.385. The summed E-state index contributed by atoms with van der Waals surface area (Å²) < 4.78 is 0. The third-order valence-corrected chi connectivity index (χ3v) is 3.09. The largest absolute Gasteiger partial charge is 0.342 e. The third-order valence-electron chi connectivity index (χ3n) is 2.85. The van der Waals surface area contributed by atoms with Crippen LogP contribution in [0.1, 0.15) is 12.7 Å². The normalized spacial score (nSPS) is 10.7. The lowest BCUT2D eigenvalue weighted by Gasteiger charge is -2.16. The van der Waals surface area contributed by atoms with Crippen LogP contribution in [0.25, 0.3) is 11.0 Å². The number of H-pyrrole nitrogens is 1. The number of hydrogen-bond donors (Lipinski definition) is 2. The number of hydrogen-bond acceptors (Lipinski definition) is 2. The van der Waals surface area contributed by atoms with E-state index in [-0.39, 0.29) is 6.03 Å². The zero-order chi connectivity index (χ0) is 13.8. The highest BCUT2D eigenvalue weighted by Crippen LogP contribution is 2.17. The summed E-state index contributed by atoms with van der Waals surface area (Å²) >= 11 is 5.92. The Labute approximate surface area is 117 Å². The second kappa shape index (κ2) is 5.93. The standard InChI is InChI=1S/C13H17ClN4O/c1-3-15-13(19)18(2)7-6-12-16-10-5-4-9(14)8-11(10)17-12/h4-5,8H,3,6-7H2,1-2H3,(H,15,19)(H,16,17). The number of carbonyl (C=O) groups is 1. The van der Waals surface area contributed by atoms with Gasteiger partial charge in [-0.15, -0.1) is 0 Å². The Bertz CT molecular complexity index is 581. The highest BCUT2D eigenvalue weighted by Gasteiger charge is 2.09. The Morgan fingerprint density at radius 2 is 2.32 bits per heavy atom. The van der Waals surface area contributed by atoms with E-state index in [0.29, 0.717) is 24.5 Å². The molecule has 0 unspecified atom stereocenters. The van der Waals surface area contributed by atoms with Crippen molar-refractivity contribution in [2.45, 2.75) is 13.3 Å². The Morgan fingerprint density at radius 3 is 3.05 bits per heavy atom. The summed E-state index contributed by atoms with van der Waals surface area (Å²) in [6.07, 6.45) is 0.680. The maximum Gasteiger partial charge on any atom is 0.317 e. The first-order valence-corrected chi connectivity index (χ1v) is 6.61. The lowest BCUT2D eigenvalue weighted by atomic mass is 10.3. The summed E-state index contributed by atoms with van der Waals surface area (Å²) in [5, 5.41) is 3.44. The van der Waals surface area contributed by atoms with Gasteiger partial charge in [0, 0.05) is 31.6 Å². The summed E-state index contributed by atoms with van der Waals surface area (Å²) in [6.45, 7) is 3.14. The number of nitrogens with one attached hydrogen (secondary N) is 2. The first-order chi connectivity index (χ1) is 9.10. The topological polar surface area (TPSA) is 61.0 Å². The number of carbonyl (C=O) groups excluding carboxylic acids is 1. The van der Waals surface area contributed by atoms with Crippen LogP contribution in [0.2, 0.25) is 5.02 Å². The summed E-state index contributed by atoms with van der Waals surface area (Å²) in [5.41, 5.74) is 1.81. The molecule has 0 saturated carbocycles. The van der Waals surface area contributed by atoms with Gasteiger partial charge in [0.15, 0.2) is 0 Å². The minimum Gasteiger partial charge on any atom is -0.342 e. The summed E-state index contributed by atoms with van der Waals surface area (Å²) in [6, 6.07) is 5.48. The molecule has 1 aromatic heterocycles. The van der Waals surface area contributed by atoms with Gasteiger partial charge in [-0.05, 0) is 25.1 Å². The van der Waals surface area contributed by atoms with Crippen molar-refractivity contribution in [3.8, 4) is 0 Å². The van der Waals surface area contributed by atoms with E-state index in [4.69, 9.17) is 11.6 Å². The van der Waals surface area contributed by atoms with Crippen LogP contribution in [0.3, 0.4) is 0 Å². The minimum atomic E-state index is -0.0679. The number of halogens is 1. The average Bonchev–Trinajstić information content (AvgIpc) is 2.78. The molecule has 19 heavy (non-hydrogen) atoms. The van der Waals surface area contributed by atoms with Crippen molar-refractivity contribution >= 4 is 28.7 Å². The number of likely N-dealkylation sites (N-methyl/N-ethyl adjacent to an activating group) is 1. The third kappa shape index (κ3) is 3.38. The maximum atomic E-state index is 11.5. The molecule has 0 radical (unpaired) electrons. The lowest BCUT2D eigenvalue weighted by Crippen LogP contribution is -2.38. The van der Waals surface area contributed by atoms with Gasteiger partial charge >= 0.3 is 6.03 Å². The Morgan fingerprint density at radius 1 is 1.53 bits per heavy atom. The summed E-state index contributed by atoms with van der Waals surface area (Å²) in [4.78, 5) is 20.9. The van der Waals surface area contributed by atoms with Crippen LogP contribution in [0, 0.1) is 0 Å². The van der Waals surface area contributed by atoms with Gasteiger partial charge in [0.2, 0.25) is 0 Å². The Kier molecular flexibility index (Phi) is 4.27. The molecule has 2 aromatic rings. The van der Waals surface area contributed by atoms with Crippen LogP contribution >= 0.6 is 11.6 Å². The van der Waals surface area contributed by atoms with Crippen molar-refractivity contribution in [3.63, 3.8) is 0 Å². The molecule has 0 saturated heterocycles. The second-order valence-electron chi connectivity index (χ2n) is 4.35. The number of imidazole rings is 1. The van der Waals surface area contributed by atoms with E-state index < -0.39 is 0 Å². The molecular weight excluding hydrogens is 264 g/mol. The van der Waals surface area contributed by atoms with Crippen LogP contribution in [0.4, 0.5) is 4.79 Å². The number of nitrogens with zero attached hydrogens (tertiary/aromatic N) is 2. The van der Waals surface area contributed by atoms with Gasteiger partial charge in [-0.3, -0.25) is 0 Å². The van der Waals surface area contributed by atoms with Crippen molar-refractivity contribution in [2.75, 3.05) is 20.1 Å². The molecule has 1 heterocycles. The van der Waals surface area contributed by atoms with E-state index in [0.717, 1.165) is 16.9 Å².